The van der Waals surface area contributed by atoms with E-state index in [1.54, 1.807) is 25.3 Å². The van der Waals surface area contributed by atoms with Gasteiger partial charge in [0, 0.05) is 12.8 Å². The highest BCUT2D eigenvalue weighted by Gasteiger charge is 2.43. The third kappa shape index (κ3) is 9.99. The molecule has 0 spiro atoms. The summed E-state index contributed by atoms with van der Waals surface area (Å²) in [4.78, 5) is 20.2. The third-order valence-corrected chi connectivity index (χ3v) is 14.2. The SMILES string of the molecule is COc1c(OCC[C@@H](O)/C=C/c2ccccc2)c2c(c([C@@H]3C#C[C@H]4CN(CCN4)c4[n-]c(C5(C)CCCC5)cc4-c4cccc(c4)C3)c1OCCc1ccccc1)OC(c1ccc(O)cc1)CC2=[OH+]. The molecule has 1 saturated carbocycles. The van der Waals surface area contributed by atoms with Crippen molar-refractivity contribution < 1.29 is 34.0 Å². The molecule has 69 heavy (non-hydrogen) atoms. The normalized spacial score (nSPS) is 19.8. The molecule has 10 rings (SSSR count). The van der Waals surface area contributed by atoms with Crippen LogP contribution in [0.15, 0.2) is 121 Å². The molecule has 4 aliphatic rings. The number of piperazine rings is 1. The Balaban J connectivity index is 1.11. The van der Waals surface area contributed by atoms with E-state index < -0.39 is 18.1 Å². The maximum absolute atomic E-state index is 12.4. The topological polar surface area (TPSA) is 128 Å². The van der Waals surface area contributed by atoms with Gasteiger partial charge in [0.2, 0.25) is 5.75 Å². The molecule has 5 aromatic carbocycles. The minimum Gasteiger partial charge on any atom is -0.508 e. The summed E-state index contributed by atoms with van der Waals surface area (Å²) in [5.41, 5.74) is 8.46. The van der Waals surface area contributed by atoms with Gasteiger partial charge in [0.1, 0.15) is 24.0 Å². The predicted molar refractivity (Wildman–Crippen MR) is 272 cm³/mol. The van der Waals surface area contributed by atoms with Crippen molar-refractivity contribution >= 4 is 17.7 Å². The van der Waals surface area contributed by atoms with E-state index in [4.69, 9.17) is 23.9 Å². The number of phenols is 1. The molecule has 4 atom stereocenters. The number of ketones is 1. The average molecular weight is 924 g/mol. The zero-order valence-corrected chi connectivity index (χ0v) is 39.5. The Kier molecular flexibility index (Phi) is 13.5. The van der Waals surface area contributed by atoms with Gasteiger partial charge in [0.25, 0.3) is 0 Å². The van der Waals surface area contributed by atoms with Crippen molar-refractivity contribution in [1.29, 1.82) is 0 Å². The van der Waals surface area contributed by atoms with Crippen LogP contribution in [-0.2, 0) is 18.3 Å². The van der Waals surface area contributed by atoms with E-state index in [0.29, 0.717) is 54.4 Å². The lowest BCUT2D eigenvalue weighted by Crippen LogP contribution is -2.50. The van der Waals surface area contributed by atoms with E-state index in [0.717, 1.165) is 65.1 Å². The number of fused-ring (bicyclic) bond motifs is 8. The molecule has 1 saturated heterocycles. The quantitative estimate of drug-likeness (QED) is 0.0723. The number of nitrogens with zero attached hydrogens (tertiary/aromatic N) is 2. The summed E-state index contributed by atoms with van der Waals surface area (Å²) in [6.07, 6.45) is 8.46. The van der Waals surface area contributed by atoms with Crippen LogP contribution in [0.3, 0.4) is 0 Å². The fourth-order valence-electron chi connectivity index (χ4n) is 10.4. The summed E-state index contributed by atoms with van der Waals surface area (Å²) >= 11 is 0. The lowest BCUT2D eigenvalue weighted by molar-refractivity contribution is 0.171. The van der Waals surface area contributed by atoms with Gasteiger partial charge in [0.05, 0.1) is 44.0 Å². The minimum absolute atomic E-state index is 0.0555. The van der Waals surface area contributed by atoms with E-state index in [9.17, 15) is 15.0 Å². The van der Waals surface area contributed by atoms with E-state index in [-0.39, 0.29) is 48.2 Å². The molecule has 3 aliphatic heterocycles. The van der Waals surface area contributed by atoms with Gasteiger partial charge in [-0.1, -0.05) is 158 Å². The number of hydrogen-bond acceptors (Lipinski definition) is 8. The first-order valence-electron chi connectivity index (χ1n) is 24.5. The second-order valence-corrected chi connectivity index (χ2v) is 19.1. The molecular weight excluding hydrogens is 863 g/mol. The van der Waals surface area contributed by atoms with E-state index >= 15 is 0 Å². The molecule has 10 heteroatoms. The molecule has 10 nitrogen and oxygen atoms in total. The van der Waals surface area contributed by atoms with Crippen LogP contribution in [-0.4, -0.2) is 72.9 Å². The van der Waals surface area contributed by atoms with Crippen molar-refractivity contribution in [2.75, 3.05) is 44.9 Å². The van der Waals surface area contributed by atoms with Crippen molar-refractivity contribution in [3.8, 4) is 51.7 Å². The van der Waals surface area contributed by atoms with Crippen molar-refractivity contribution in [3.63, 3.8) is 0 Å². The number of aromatic hydroxyl groups is 1. The molecule has 354 valence electrons. The number of aromatic nitrogens is 1. The smallest absolute Gasteiger partial charge is 0.335 e. The molecule has 1 unspecified atom stereocenters. The Morgan fingerprint density at radius 2 is 1.67 bits per heavy atom. The first kappa shape index (κ1) is 45.8. The number of benzene rings is 5. The van der Waals surface area contributed by atoms with E-state index in [1.165, 1.54) is 18.5 Å². The highest BCUT2D eigenvalue weighted by Crippen LogP contribution is 2.56. The van der Waals surface area contributed by atoms with Gasteiger partial charge in [-0.3, -0.25) is 4.79 Å². The Bertz CT molecular complexity index is 2860. The van der Waals surface area contributed by atoms with Crippen LogP contribution < -0.4 is 34.1 Å². The van der Waals surface area contributed by atoms with Gasteiger partial charge < -0.3 is 44.4 Å². The Morgan fingerprint density at radius 1 is 0.899 bits per heavy atom. The Labute approximate surface area is 405 Å². The fraction of sp³-hybridized carbons (Fsp3) is 0.339. The highest BCUT2D eigenvalue weighted by molar-refractivity contribution is 6.05. The molecule has 4 N–H and O–H groups in total. The van der Waals surface area contributed by atoms with E-state index in [2.05, 4.69) is 71.4 Å². The number of ether oxygens (including phenoxy) is 4. The van der Waals surface area contributed by atoms with Crippen molar-refractivity contribution in [2.24, 2.45) is 0 Å². The lowest BCUT2D eigenvalue weighted by Gasteiger charge is -2.41. The summed E-state index contributed by atoms with van der Waals surface area (Å²) in [5.74, 6) is 9.53. The fourth-order valence-corrected chi connectivity index (χ4v) is 10.4. The Hall–Kier alpha value is -6.93. The van der Waals surface area contributed by atoms with Gasteiger partial charge in [-0.05, 0) is 89.8 Å². The molecular formula is C59H61N3O7. The third-order valence-electron chi connectivity index (χ3n) is 14.2. The molecule has 6 aromatic rings. The van der Waals surface area contributed by atoms with Gasteiger partial charge in [-0.15, -0.1) is 0 Å². The minimum atomic E-state index is -0.801. The second-order valence-electron chi connectivity index (χ2n) is 19.1. The van der Waals surface area contributed by atoms with Crippen molar-refractivity contribution in [3.05, 3.63) is 160 Å². The summed E-state index contributed by atoms with van der Waals surface area (Å²) in [7, 11) is 1.59. The van der Waals surface area contributed by atoms with Crippen LogP contribution >= 0.6 is 0 Å². The lowest BCUT2D eigenvalue weighted by atomic mass is 9.84. The zero-order valence-electron chi connectivity index (χ0n) is 39.5. The van der Waals surface area contributed by atoms with Crippen LogP contribution in [0.1, 0.15) is 96.5 Å². The first-order chi connectivity index (χ1) is 33.7. The summed E-state index contributed by atoms with van der Waals surface area (Å²) in [6, 6.07) is 37.8. The number of nitrogens with one attached hydrogen (secondary N) is 1. The second kappa shape index (κ2) is 20.3. The molecule has 1 aliphatic carbocycles. The van der Waals surface area contributed by atoms with Gasteiger partial charge in [-0.2, -0.15) is 0 Å². The molecule has 4 bridgehead atoms. The van der Waals surface area contributed by atoms with E-state index in [1.807, 2.05) is 66.7 Å². The maximum atomic E-state index is 12.4. The van der Waals surface area contributed by atoms with Crippen LogP contribution in [0.4, 0.5) is 5.82 Å². The summed E-state index contributed by atoms with van der Waals surface area (Å²) in [6.45, 7) is 5.00. The van der Waals surface area contributed by atoms with Crippen molar-refractivity contribution in [2.45, 2.75) is 87.9 Å². The molecule has 0 radical (unpaired) electrons. The number of carbonyl (C=O) groups excluding carboxylic acids is 1. The molecule has 1 aromatic heterocycles. The number of hydrogen-bond donors (Lipinski definition) is 3. The first-order valence-corrected chi connectivity index (χ1v) is 24.5. The monoisotopic (exact) mass is 923 g/mol. The predicted octanol–water partition coefficient (Wildman–Crippen LogP) is 9.86. The average Bonchev–Trinajstić information content (AvgIpc) is 4.04. The number of phenolic OH excluding ortho intramolecular Hbond substituents is 1. The molecule has 4 heterocycles. The van der Waals surface area contributed by atoms with Gasteiger partial charge in [-0.25, -0.2) is 0 Å². The number of aliphatic hydroxyl groups is 1. The van der Waals surface area contributed by atoms with Gasteiger partial charge in [0.15, 0.2) is 17.1 Å². The number of anilines is 1. The molecule has 0 amide bonds. The van der Waals surface area contributed by atoms with Crippen molar-refractivity contribution in [1.82, 2.24) is 10.3 Å². The van der Waals surface area contributed by atoms with Crippen LogP contribution in [0.25, 0.3) is 17.2 Å². The van der Waals surface area contributed by atoms with Crippen LogP contribution in [0.2, 0.25) is 0 Å². The van der Waals surface area contributed by atoms with Gasteiger partial charge >= 0.3 is 5.78 Å². The molecule has 2 fully saturated rings. The maximum Gasteiger partial charge on any atom is 0.335 e. The highest BCUT2D eigenvalue weighted by atomic mass is 16.5. The van der Waals surface area contributed by atoms with Crippen LogP contribution in [0.5, 0.6) is 28.7 Å². The number of aliphatic hydroxyl groups excluding tert-OH is 1. The standard InChI is InChI=1S/C59H60N3O7/c1-59(28-9-10-29-59)51-36-48-43-17-11-16-41(34-43)35-44(19-22-45-38-62(31-30-60-45)58(48)61-51)52-54-53(49(65)37-50(69-54)42-20-24-46(63)25-21-42)56(68-33-27-47(64)23-18-39-12-5-3-6-13-39)57(66-2)55(52)67-32-26-40-14-7-4-8-15-40/h3-8,11-18,20-21,23-25,34,36,44-45,47,50,60,63-64H,9-10,26-33,35,37-38H2,1-2H3/q-1/p+1/b23-18+/t44-,45+,47+,50?/m1/s1. The summed E-state index contributed by atoms with van der Waals surface area (Å²) in [5, 5.41) is 25.1. The number of rotatable bonds is 14. The largest absolute Gasteiger partial charge is 0.508 e. The Morgan fingerprint density at radius 3 is 2.45 bits per heavy atom. The zero-order chi connectivity index (χ0) is 47.3. The van der Waals surface area contributed by atoms with Crippen LogP contribution in [0, 0.1) is 11.8 Å². The number of methoxy groups -OCH3 is 1. The summed E-state index contributed by atoms with van der Waals surface area (Å²) < 4.78 is 27.1.